The van der Waals surface area contributed by atoms with E-state index in [1.54, 1.807) is 17.0 Å². The van der Waals surface area contributed by atoms with Crippen LogP contribution in [0.15, 0.2) is 28.7 Å². The third kappa shape index (κ3) is 1.87. The predicted molar refractivity (Wildman–Crippen MR) is 69.7 cm³/mol. The van der Waals surface area contributed by atoms with Gasteiger partial charge in [0.25, 0.3) is 5.91 Å². The molecule has 4 nitrogen and oxygen atoms in total. The Balaban J connectivity index is 1.95. The topological polar surface area (TPSA) is 59.5 Å². The lowest BCUT2D eigenvalue weighted by Gasteiger charge is -2.13. The van der Waals surface area contributed by atoms with Gasteiger partial charge in [-0.15, -0.1) is 0 Å². The summed E-state index contributed by atoms with van der Waals surface area (Å²) in [7, 11) is 0. The number of hydrogen-bond acceptors (Lipinski definition) is 3. The summed E-state index contributed by atoms with van der Waals surface area (Å²) in [4.78, 5) is 13.9. The van der Waals surface area contributed by atoms with Gasteiger partial charge >= 0.3 is 0 Å². The van der Waals surface area contributed by atoms with Gasteiger partial charge in [-0.2, -0.15) is 0 Å². The molecular formula is C13H13ClN2O2. The van der Waals surface area contributed by atoms with E-state index in [-0.39, 0.29) is 11.9 Å². The maximum Gasteiger partial charge on any atom is 0.289 e. The molecule has 0 aliphatic carbocycles. The fourth-order valence-corrected chi connectivity index (χ4v) is 2.48. The van der Waals surface area contributed by atoms with E-state index in [1.807, 2.05) is 12.1 Å². The van der Waals surface area contributed by atoms with E-state index < -0.39 is 0 Å². The summed E-state index contributed by atoms with van der Waals surface area (Å²) < 4.78 is 5.54. The highest BCUT2D eigenvalue weighted by Gasteiger charge is 2.26. The van der Waals surface area contributed by atoms with Crippen LogP contribution in [0.5, 0.6) is 0 Å². The fourth-order valence-electron chi connectivity index (χ4n) is 2.26. The molecule has 1 aromatic carbocycles. The second kappa shape index (κ2) is 4.30. The molecule has 0 radical (unpaired) electrons. The van der Waals surface area contributed by atoms with Gasteiger partial charge in [0.1, 0.15) is 0 Å². The molecule has 3 rings (SSSR count). The van der Waals surface area contributed by atoms with Gasteiger partial charge in [0.2, 0.25) is 0 Å². The number of para-hydroxylation sites is 1. The molecule has 1 amide bonds. The predicted octanol–water partition coefficient (Wildman–Crippen LogP) is 2.26. The van der Waals surface area contributed by atoms with Crippen LogP contribution in [0.4, 0.5) is 0 Å². The summed E-state index contributed by atoms with van der Waals surface area (Å²) in [5, 5.41) is 1.36. The third-order valence-electron chi connectivity index (χ3n) is 3.22. The Morgan fingerprint density at radius 3 is 3.00 bits per heavy atom. The summed E-state index contributed by atoms with van der Waals surface area (Å²) in [6, 6.07) is 7.25. The molecule has 0 saturated carbocycles. The Hall–Kier alpha value is -1.52. The molecule has 2 aromatic rings. The van der Waals surface area contributed by atoms with Crippen LogP contribution in [0.2, 0.25) is 5.02 Å². The fraction of sp³-hybridized carbons (Fsp3) is 0.308. The molecule has 1 atom stereocenters. The van der Waals surface area contributed by atoms with Crippen LogP contribution in [-0.2, 0) is 0 Å². The molecule has 1 aliphatic rings. The first-order valence-corrected chi connectivity index (χ1v) is 6.26. The van der Waals surface area contributed by atoms with E-state index in [1.165, 1.54) is 0 Å². The number of hydrogen-bond donors (Lipinski definition) is 1. The number of amides is 1. The summed E-state index contributed by atoms with van der Waals surface area (Å²) >= 11 is 6.02. The van der Waals surface area contributed by atoms with E-state index in [4.69, 9.17) is 21.8 Å². The van der Waals surface area contributed by atoms with Gasteiger partial charge in [0.15, 0.2) is 11.3 Å². The Labute approximate surface area is 109 Å². The third-order valence-corrected chi connectivity index (χ3v) is 3.52. The zero-order chi connectivity index (χ0) is 12.7. The zero-order valence-corrected chi connectivity index (χ0v) is 10.5. The number of furan rings is 1. The van der Waals surface area contributed by atoms with Crippen LogP contribution < -0.4 is 5.73 Å². The summed E-state index contributed by atoms with van der Waals surface area (Å²) in [5.74, 6) is 0.211. The number of halogens is 1. The molecule has 0 bridgehead atoms. The zero-order valence-electron chi connectivity index (χ0n) is 9.73. The van der Waals surface area contributed by atoms with Gasteiger partial charge in [0.05, 0.1) is 5.02 Å². The van der Waals surface area contributed by atoms with E-state index >= 15 is 0 Å². The molecule has 94 valence electrons. The van der Waals surface area contributed by atoms with Crippen molar-refractivity contribution in [3.05, 3.63) is 35.0 Å². The number of nitrogens with zero attached hydrogens (tertiary/aromatic N) is 1. The van der Waals surface area contributed by atoms with Crippen molar-refractivity contribution < 1.29 is 9.21 Å². The van der Waals surface area contributed by atoms with Gasteiger partial charge in [0, 0.05) is 24.5 Å². The molecule has 0 spiro atoms. The number of rotatable bonds is 1. The first-order valence-electron chi connectivity index (χ1n) is 5.88. The van der Waals surface area contributed by atoms with E-state index in [0.29, 0.717) is 29.5 Å². The lowest BCUT2D eigenvalue weighted by atomic mass is 10.2. The highest BCUT2D eigenvalue weighted by Crippen LogP contribution is 2.27. The number of fused-ring (bicyclic) bond motifs is 1. The van der Waals surface area contributed by atoms with Gasteiger partial charge < -0.3 is 15.1 Å². The van der Waals surface area contributed by atoms with Gasteiger partial charge in [-0.1, -0.05) is 23.7 Å². The first kappa shape index (κ1) is 11.6. The standard InChI is InChI=1S/C13H13ClN2O2/c14-10-3-1-2-8-6-11(18-12(8)10)13(17)16-5-4-9(15)7-16/h1-3,6,9H,4-5,7,15H2/t9-/m0/s1. The number of benzene rings is 1. The number of likely N-dealkylation sites (tertiary alicyclic amines) is 1. The van der Waals surface area contributed by atoms with Crippen molar-refractivity contribution in [2.24, 2.45) is 5.73 Å². The minimum Gasteiger partial charge on any atom is -0.449 e. The smallest absolute Gasteiger partial charge is 0.289 e. The quantitative estimate of drug-likeness (QED) is 0.859. The number of nitrogens with two attached hydrogens (primary N) is 1. The molecule has 18 heavy (non-hydrogen) atoms. The molecule has 5 heteroatoms. The summed E-state index contributed by atoms with van der Waals surface area (Å²) in [5.41, 5.74) is 6.36. The van der Waals surface area contributed by atoms with E-state index in [0.717, 1.165) is 11.8 Å². The largest absolute Gasteiger partial charge is 0.449 e. The molecule has 1 fully saturated rings. The second-order valence-electron chi connectivity index (χ2n) is 4.57. The van der Waals surface area contributed by atoms with Crippen LogP contribution >= 0.6 is 11.6 Å². The highest BCUT2D eigenvalue weighted by molar-refractivity contribution is 6.34. The summed E-state index contributed by atoms with van der Waals surface area (Å²) in [6.07, 6.45) is 0.840. The molecule has 2 N–H and O–H groups in total. The van der Waals surface area contributed by atoms with Crippen LogP contribution in [0.1, 0.15) is 17.0 Å². The maximum atomic E-state index is 12.2. The SMILES string of the molecule is N[C@H]1CCN(C(=O)c2cc3cccc(Cl)c3o2)C1. The minimum atomic E-state index is -0.116. The number of carbonyl (C=O) groups is 1. The van der Waals surface area contributed by atoms with Crippen molar-refractivity contribution in [3.63, 3.8) is 0 Å². The molecule has 0 unspecified atom stereocenters. The van der Waals surface area contributed by atoms with Crippen LogP contribution in [-0.4, -0.2) is 29.9 Å². The Bertz CT molecular complexity index is 608. The van der Waals surface area contributed by atoms with Crippen molar-refractivity contribution in [2.45, 2.75) is 12.5 Å². The maximum absolute atomic E-state index is 12.2. The second-order valence-corrected chi connectivity index (χ2v) is 4.98. The van der Waals surface area contributed by atoms with Crippen LogP contribution in [0.3, 0.4) is 0 Å². The average molecular weight is 265 g/mol. The average Bonchev–Trinajstić information content (AvgIpc) is 2.95. The Morgan fingerprint density at radius 1 is 1.50 bits per heavy atom. The molecular weight excluding hydrogens is 252 g/mol. The van der Waals surface area contributed by atoms with Crippen molar-refractivity contribution in [1.29, 1.82) is 0 Å². The molecule has 1 aliphatic heterocycles. The lowest BCUT2D eigenvalue weighted by Crippen LogP contribution is -2.31. The van der Waals surface area contributed by atoms with Crippen molar-refractivity contribution in [1.82, 2.24) is 4.90 Å². The van der Waals surface area contributed by atoms with Crippen molar-refractivity contribution in [3.8, 4) is 0 Å². The molecule has 1 saturated heterocycles. The lowest BCUT2D eigenvalue weighted by molar-refractivity contribution is 0.0761. The van der Waals surface area contributed by atoms with E-state index in [2.05, 4.69) is 0 Å². The minimum absolute atomic E-state index is 0.0712. The first-order chi connectivity index (χ1) is 8.65. The normalized spacial score (nSPS) is 19.7. The number of carbonyl (C=O) groups excluding carboxylic acids is 1. The Kier molecular flexibility index (Phi) is 2.76. The monoisotopic (exact) mass is 264 g/mol. The van der Waals surface area contributed by atoms with Crippen LogP contribution in [0.25, 0.3) is 11.0 Å². The van der Waals surface area contributed by atoms with Gasteiger partial charge in [-0.05, 0) is 18.6 Å². The van der Waals surface area contributed by atoms with Crippen LogP contribution in [0, 0.1) is 0 Å². The van der Waals surface area contributed by atoms with Crippen molar-refractivity contribution in [2.75, 3.05) is 13.1 Å². The van der Waals surface area contributed by atoms with Gasteiger partial charge in [-0.3, -0.25) is 4.79 Å². The highest BCUT2D eigenvalue weighted by atomic mass is 35.5. The Morgan fingerprint density at radius 2 is 2.33 bits per heavy atom. The van der Waals surface area contributed by atoms with Crippen molar-refractivity contribution >= 4 is 28.5 Å². The van der Waals surface area contributed by atoms with E-state index in [9.17, 15) is 4.79 Å². The molecule has 1 aromatic heterocycles. The van der Waals surface area contributed by atoms with Gasteiger partial charge in [-0.25, -0.2) is 0 Å². The summed E-state index contributed by atoms with van der Waals surface area (Å²) in [6.45, 7) is 1.27. The molecule has 2 heterocycles.